The summed E-state index contributed by atoms with van der Waals surface area (Å²) in [5, 5.41) is 3.13. The van der Waals surface area contributed by atoms with Crippen LogP contribution in [0.3, 0.4) is 0 Å². The highest BCUT2D eigenvalue weighted by Gasteiger charge is 2.21. The fourth-order valence-corrected chi connectivity index (χ4v) is 4.53. The van der Waals surface area contributed by atoms with Crippen LogP contribution in [0.15, 0.2) is 41.5 Å². The smallest absolute Gasteiger partial charge is 0.349 e. The summed E-state index contributed by atoms with van der Waals surface area (Å²) in [6, 6.07) is 9.37. The van der Waals surface area contributed by atoms with Crippen molar-refractivity contribution in [3.63, 3.8) is 0 Å². The van der Waals surface area contributed by atoms with Crippen LogP contribution in [0.5, 0.6) is 0 Å². The lowest BCUT2D eigenvalue weighted by molar-refractivity contribution is -0.122. The predicted molar refractivity (Wildman–Crippen MR) is 116 cm³/mol. The van der Waals surface area contributed by atoms with E-state index in [9.17, 15) is 14.4 Å². The topological polar surface area (TPSA) is 99.5 Å². The highest BCUT2D eigenvalue weighted by Crippen LogP contribution is 2.27. The molecule has 0 radical (unpaired) electrons. The standard InChI is InChI=1S/C22H23N3O5S/c1-14-18-20(31-19(14)22(28)30-12-15-6-3-2-4-7-15)24-13-25(21(18)27)11-17(26)23-10-16-8-5-9-29-16/h2-4,6-7,13,16H,5,8-12H2,1H3,(H,23,26). The van der Waals surface area contributed by atoms with Crippen LogP contribution >= 0.6 is 11.3 Å². The van der Waals surface area contributed by atoms with Gasteiger partial charge in [-0.25, -0.2) is 9.78 Å². The van der Waals surface area contributed by atoms with Crippen molar-refractivity contribution in [2.45, 2.75) is 39.0 Å². The molecule has 1 amide bonds. The molecule has 1 fully saturated rings. The first-order valence-electron chi connectivity index (χ1n) is 10.1. The van der Waals surface area contributed by atoms with Crippen molar-refractivity contribution in [2.75, 3.05) is 13.2 Å². The number of ether oxygens (including phenoxy) is 2. The van der Waals surface area contributed by atoms with Gasteiger partial charge in [0.25, 0.3) is 5.56 Å². The first-order valence-corrected chi connectivity index (χ1v) is 10.9. The van der Waals surface area contributed by atoms with E-state index in [-0.39, 0.29) is 30.7 Å². The van der Waals surface area contributed by atoms with E-state index in [1.54, 1.807) is 6.92 Å². The van der Waals surface area contributed by atoms with E-state index in [0.29, 0.717) is 33.8 Å². The van der Waals surface area contributed by atoms with Crippen LogP contribution in [0.4, 0.5) is 0 Å². The van der Waals surface area contributed by atoms with Gasteiger partial charge in [-0.1, -0.05) is 30.3 Å². The average Bonchev–Trinajstić information content (AvgIpc) is 3.41. The molecule has 162 valence electrons. The quantitative estimate of drug-likeness (QED) is 0.566. The molecule has 31 heavy (non-hydrogen) atoms. The highest BCUT2D eigenvalue weighted by molar-refractivity contribution is 7.20. The molecular formula is C22H23N3O5S. The molecule has 2 aromatic heterocycles. The third kappa shape index (κ3) is 4.83. The number of nitrogens with zero attached hydrogens (tertiary/aromatic N) is 2. The number of thiophene rings is 1. The Balaban J connectivity index is 1.47. The lowest BCUT2D eigenvalue weighted by Crippen LogP contribution is -2.36. The Morgan fingerprint density at radius 3 is 2.87 bits per heavy atom. The van der Waals surface area contributed by atoms with E-state index in [2.05, 4.69) is 10.3 Å². The maximum Gasteiger partial charge on any atom is 0.349 e. The second-order valence-corrected chi connectivity index (χ2v) is 8.41. The molecule has 0 bridgehead atoms. The van der Waals surface area contributed by atoms with Crippen LogP contribution < -0.4 is 10.9 Å². The van der Waals surface area contributed by atoms with Crippen LogP contribution in [0, 0.1) is 6.92 Å². The summed E-state index contributed by atoms with van der Waals surface area (Å²) in [6.07, 6.45) is 3.29. The minimum Gasteiger partial charge on any atom is -0.457 e. The van der Waals surface area contributed by atoms with Crippen LogP contribution in [0.1, 0.15) is 33.6 Å². The number of carbonyl (C=O) groups excluding carboxylic acids is 2. The largest absolute Gasteiger partial charge is 0.457 e. The first kappa shape index (κ1) is 21.2. The number of amides is 1. The third-order valence-corrected chi connectivity index (χ3v) is 6.36. The summed E-state index contributed by atoms with van der Waals surface area (Å²) in [4.78, 5) is 42.8. The van der Waals surface area contributed by atoms with E-state index in [0.717, 1.165) is 29.7 Å². The molecule has 0 aliphatic carbocycles. The lowest BCUT2D eigenvalue weighted by atomic mass is 10.2. The van der Waals surface area contributed by atoms with Gasteiger partial charge in [0.2, 0.25) is 5.91 Å². The Labute approximate surface area is 182 Å². The Bertz CT molecular complexity index is 1150. The molecule has 1 unspecified atom stereocenters. The number of nitrogens with one attached hydrogen (secondary N) is 1. The van der Waals surface area contributed by atoms with Gasteiger partial charge >= 0.3 is 5.97 Å². The predicted octanol–water partition coefficient (Wildman–Crippen LogP) is 2.42. The van der Waals surface area contributed by atoms with E-state index >= 15 is 0 Å². The molecule has 4 rings (SSSR count). The number of aromatic nitrogens is 2. The molecule has 0 saturated carbocycles. The summed E-state index contributed by atoms with van der Waals surface area (Å²) in [6.45, 7) is 2.85. The fourth-order valence-electron chi connectivity index (χ4n) is 3.50. The van der Waals surface area contributed by atoms with Crippen LogP contribution in [0.25, 0.3) is 10.2 Å². The van der Waals surface area contributed by atoms with E-state index < -0.39 is 5.97 Å². The summed E-state index contributed by atoms with van der Waals surface area (Å²) >= 11 is 1.12. The molecule has 3 heterocycles. The van der Waals surface area contributed by atoms with Gasteiger partial charge in [0, 0.05) is 13.2 Å². The van der Waals surface area contributed by atoms with E-state index in [1.165, 1.54) is 10.9 Å². The molecule has 1 aliphatic rings. The number of benzene rings is 1. The number of carbonyl (C=O) groups is 2. The zero-order chi connectivity index (χ0) is 21.8. The average molecular weight is 442 g/mol. The van der Waals surface area contributed by atoms with Gasteiger partial charge in [0.15, 0.2) is 0 Å². The van der Waals surface area contributed by atoms with Gasteiger partial charge in [-0.3, -0.25) is 14.2 Å². The summed E-state index contributed by atoms with van der Waals surface area (Å²) in [5.41, 5.74) is 1.04. The van der Waals surface area contributed by atoms with Gasteiger partial charge in [-0.05, 0) is 30.9 Å². The molecule has 1 N–H and O–H groups in total. The molecule has 1 atom stereocenters. The number of hydrogen-bond acceptors (Lipinski definition) is 7. The molecule has 3 aromatic rings. The second-order valence-electron chi connectivity index (χ2n) is 7.41. The van der Waals surface area contributed by atoms with Crippen molar-refractivity contribution >= 4 is 33.4 Å². The van der Waals surface area contributed by atoms with E-state index in [4.69, 9.17) is 9.47 Å². The van der Waals surface area contributed by atoms with E-state index in [1.807, 2.05) is 30.3 Å². The third-order valence-electron chi connectivity index (χ3n) is 5.18. The van der Waals surface area contributed by atoms with Crippen molar-refractivity contribution in [1.29, 1.82) is 0 Å². The van der Waals surface area contributed by atoms with Crippen molar-refractivity contribution in [1.82, 2.24) is 14.9 Å². The molecule has 1 aliphatic heterocycles. The van der Waals surface area contributed by atoms with Gasteiger partial charge in [0.05, 0.1) is 17.8 Å². The SMILES string of the molecule is Cc1c(C(=O)OCc2ccccc2)sc2ncn(CC(=O)NCC3CCCO3)c(=O)c12. The summed E-state index contributed by atoms with van der Waals surface area (Å²) in [7, 11) is 0. The van der Waals surface area contributed by atoms with Crippen LogP contribution in [-0.4, -0.2) is 40.7 Å². The maximum atomic E-state index is 12.9. The normalized spacial score (nSPS) is 15.8. The Morgan fingerprint density at radius 1 is 1.32 bits per heavy atom. The second kappa shape index (κ2) is 9.40. The number of aryl methyl sites for hydroxylation is 1. The number of esters is 1. The molecule has 0 spiro atoms. The van der Waals surface area contributed by atoms with Crippen molar-refractivity contribution in [3.05, 3.63) is 63.0 Å². The maximum absolute atomic E-state index is 12.9. The van der Waals surface area contributed by atoms with Crippen LogP contribution in [-0.2, 0) is 27.4 Å². The van der Waals surface area contributed by atoms with Gasteiger partial charge < -0.3 is 14.8 Å². The number of fused-ring (bicyclic) bond motifs is 1. The van der Waals surface area contributed by atoms with Crippen molar-refractivity contribution in [3.8, 4) is 0 Å². The molecule has 1 saturated heterocycles. The van der Waals surface area contributed by atoms with Gasteiger partial charge in [-0.2, -0.15) is 0 Å². The number of hydrogen-bond donors (Lipinski definition) is 1. The summed E-state index contributed by atoms with van der Waals surface area (Å²) in [5.74, 6) is -0.779. The first-order chi connectivity index (χ1) is 15.0. The minimum absolute atomic E-state index is 0.0323. The molecular weight excluding hydrogens is 418 g/mol. The zero-order valence-electron chi connectivity index (χ0n) is 17.1. The van der Waals surface area contributed by atoms with Crippen molar-refractivity contribution in [2.24, 2.45) is 0 Å². The lowest BCUT2D eigenvalue weighted by Gasteiger charge is -2.11. The van der Waals surface area contributed by atoms with Crippen molar-refractivity contribution < 1.29 is 19.1 Å². The fraction of sp³-hybridized carbons (Fsp3) is 0.364. The highest BCUT2D eigenvalue weighted by atomic mass is 32.1. The minimum atomic E-state index is -0.496. The molecule has 8 nitrogen and oxygen atoms in total. The van der Waals surface area contributed by atoms with Gasteiger partial charge in [0.1, 0.15) is 22.9 Å². The number of rotatable bonds is 7. The van der Waals surface area contributed by atoms with Gasteiger partial charge in [-0.15, -0.1) is 11.3 Å². The monoisotopic (exact) mass is 441 g/mol. The Hall–Kier alpha value is -3.04. The molecule has 9 heteroatoms. The summed E-state index contributed by atoms with van der Waals surface area (Å²) < 4.78 is 12.1. The van der Waals surface area contributed by atoms with Crippen LogP contribution in [0.2, 0.25) is 0 Å². The Morgan fingerprint density at radius 2 is 2.13 bits per heavy atom. The zero-order valence-corrected chi connectivity index (χ0v) is 17.9. The Kier molecular flexibility index (Phi) is 6.43. The molecule has 1 aromatic carbocycles.